The van der Waals surface area contributed by atoms with Gasteiger partial charge in [0.05, 0.1) is 11.7 Å². The van der Waals surface area contributed by atoms with Crippen molar-refractivity contribution in [1.29, 1.82) is 0 Å². The molecular weight excluding hydrogens is 188 g/mol. The van der Waals surface area contributed by atoms with Crippen LogP contribution in [0, 0.1) is 11.8 Å². The van der Waals surface area contributed by atoms with Gasteiger partial charge in [-0.05, 0) is 43.9 Å². The highest BCUT2D eigenvalue weighted by molar-refractivity contribution is 4.92. The third-order valence-electron chi connectivity index (χ3n) is 3.83. The molecule has 0 aliphatic heterocycles. The molecule has 0 radical (unpaired) electrons. The summed E-state index contributed by atoms with van der Waals surface area (Å²) in [5.41, 5.74) is -0.253. The van der Waals surface area contributed by atoms with Crippen LogP contribution in [0.1, 0.15) is 52.9 Å². The van der Waals surface area contributed by atoms with Crippen molar-refractivity contribution in [2.45, 2.75) is 64.6 Å². The van der Waals surface area contributed by atoms with Crippen LogP contribution < -0.4 is 0 Å². The molecule has 0 aromatic carbocycles. The zero-order chi connectivity index (χ0) is 11.5. The first-order valence-corrected chi connectivity index (χ1v) is 6.23. The van der Waals surface area contributed by atoms with Crippen LogP contribution >= 0.6 is 0 Å². The fourth-order valence-electron chi connectivity index (χ4n) is 2.59. The van der Waals surface area contributed by atoms with Crippen molar-refractivity contribution >= 4 is 0 Å². The molecular formula is C13H26O2. The molecule has 2 heteroatoms. The van der Waals surface area contributed by atoms with E-state index in [4.69, 9.17) is 4.74 Å². The molecule has 1 N–H and O–H groups in total. The van der Waals surface area contributed by atoms with Gasteiger partial charge in [0.2, 0.25) is 0 Å². The van der Waals surface area contributed by atoms with Crippen LogP contribution in [0.5, 0.6) is 0 Å². The molecule has 1 unspecified atom stereocenters. The third-order valence-corrected chi connectivity index (χ3v) is 3.83. The van der Waals surface area contributed by atoms with Crippen LogP contribution in [0.15, 0.2) is 0 Å². The van der Waals surface area contributed by atoms with Crippen LogP contribution in [0.25, 0.3) is 0 Å². The van der Waals surface area contributed by atoms with Crippen molar-refractivity contribution in [3.63, 3.8) is 0 Å². The quantitative estimate of drug-likeness (QED) is 0.779. The number of methoxy groups -OCH3 is 1. The number of hydrogen-bond donors (Lipinski definition) is 1. The summed E-state index contributed by atoms with van der Waals surface area (Å²) in [5.74, 6) is 1.32. The number of aliphatic hydroxyl groups excluding tert-OH is 1. The number of ether oxygens (including phenoxy) is 1. The average molecular weight is 214 g/mol. The summed E-state index contributed by atoms with van der Waals surface area (Å²) in [6.45, 7) is 6.59. The highest BCUT2D eigenvalue weighted by atomic mass is 16.5. The van der Waals surface area contributed by atoms with E-state index in [1.54, 1.807) is 7.11 Å². The van der Waals surface area contributed by atoms with Gasteiger partial charge in [0, 0.05) is 7.11 Å². The summed E-state index contributed by atoms with van der Waals surface area (Å²) < 4.78 is 5.64. The molecule has 1 atom stereocenters. The highest BCUT2D eigenvalue weighted by Gasteiger charge is 2.40. The van der Waals surface area contributed by atoms with E-state index in [2.05, 4.69) is 20.8 Å². The Balaban J connectivity index is 2.59. The smallest absolute Gasteiger partial charge is 0.0936 e. The van der Waals surface area contributed by atoms with Crippen LogP contribution in [-0.4, -0.2) is 23.9 Å². The maximum atomic E-state index is 10.3. The molecule has 0 bridgehead atoms. The molecule has 0 aromatic heterocycles. The van der Waals surface area contributed by atoms with Gasteiger partial charge >= 0.3 is 0 Å². The highest BCUT2D eigenvalue weighted by Crippen LogP contribution is 2.38. The van der Waals surface area contributed by atoms with Crippen molar-refractivity contribution in [3.05, 3.63) is 0 Å². The molecule has 1 rings (SSSR count). The Morgan fingerprint density at radius 2 is 1.87 bits per heavy atom. The Morgan fingerprint density at radius 3 is 2.27 bits per heavy atom. The Kier molecular flexibility index (Phi) is 4.60. The van der Waals surface area contributed by atoms with Gasteiger partial charge < -0.3 is 9.84 Å². The summed E-state index contributed by atoms with van der Waals surface area (Å²) in [6, 6.07) is 0. The van der Waals surface area contributed by atoms with Gasteiger partial charge in [0.25, 0.3) is 0 Å². The van der Waals surface area contributed by atoms with Gasteiger partial charge in [-0.2, -0.15) is 0 Å². The predicted molar refractivity (Wildman–Crippen MR) is 62.8 cm³/mol. The maximum absolute atomic E-state index is 10.3. The first-order chi connectivity index (χ1) is 7.00. The van der Waals surface area contributed by atoms with Crippen molar-refractivity contribution < 1.29 is 9.84 Å². The zero-order valence-corrected chi connectivity index (χ0v) is 10.6. The van der Waals surface area contributed by atoms with Crippen LogP contribution in [0.3, 0.4) is 0 Å². The zero-order valence-electron chi connectivity index (χ0n) is 10.6. The van der Waals surface area contributed by atoms with E-state index in [0.717, 1.165) is 25.2 Å². The Labute approximate surface area is 94.0 Å². The first-order valence-electron chi connectivity index (χ1n) is 6.23. The summed E-state index contributed by atoms with van der Waals surface area (Å²) in [4.78, 5) is 0. The normalized spacial score (nSPS) is 34.4. The largest absolute Gasteiger partial charge is 0.390 e. The van der Waals surface area contributed by atoms with Crippen molar-refractivity contribution in [2.24, 2.45) is 11.8 Å². The molecule has 1 aliphatic rings. The van der Waals surface area contributed by atoms with E-state index in [9.17, 15) is 5.11 Å². The minimum atomic E-state index is -0.296. The second-order valence-corrected chi connectivity index (χ2v) is 5.60. The third kappa shape index (κ3) is 3.18. The Hall–Kier alpha value is -0.0800. The van der Waals surface area contributed by atoms with Gasteiger partial charge in [-0.1, -0.05) is 20.8 Å². The SMILES string of the molecule is COC1(C(O)CC(C)C)CCC(C)CC1. The monoisotopic (exact) mass is 214 g/mol. The maximum Gasteiger partial charge on any atom is 0.0936 e. The summed E-state index contributed by atoms with van der Waals surface area (Å²) in [7, 11) is 1.75. The van der Waals surface area contributed by atoms with E-state index < -0.39 is 0 Å². The van der Waals surface area contributed by atoms with Crippen molar-refractivity contribution in [3.8, 4) is 0 Å². The van der Waals surface area contributed by atoms with E-state index in [1.165, 1.54) is 12.8 Å². The second-order valence-electron chi connectivity index (χ2n) is 5.60. The molecule has 0 amide bonds. The standard InChI is InChI=1S/C13H26O2/c1-10(2)9-12(14)13(15-4)7-5-11(3)6-8-13/h10-12,14H,5-9H2,1-4H3. The lowest BCUT2D eigenvalue weighted by Crippen LogP contribution is -2.47. The lowest BCUT2D eigenvalue weighted by Gasteiger charge is -2.42. The minimum absolute atomic E-state index is 0.253. The summed E-state index contributed by atoms with van der Waals surface area (Å²) in [6.07, 6.45) is 4.95. The van der Waals surface area contributed by atoms with Crippen LogP contribution in [-0.2, 0) is 4.74 Å². The van der Waals surface area contributed by atoms with E-state index in [0.29, 0.717) is 5.92 Å². The topological polar surface area (TPSA) is 29.5 Å². The molecule has 0 spiro atoms. The van der Waals surface area contributed by atoms with Gasteiger partial charge in [0.15, 0.2) is 0 Å². The molecule has 0 heterocycles. The number of hydrogen-bond acceptors (Lipinski definition) is 2. The van der Waals surface area contributed by atoms with Gasteiger partial charge in [-0.15, -0.1) is 0 Å². The summed E-state index contributed by atoms with van der Waals surface area (Å²) >= 11 is 0. The first kappa shape index (κ1) is 13.0. The van der Waals surface area contributed by atoms with Gasteiger partial charge in [-0.3, -0.25) is 0 Å². The molecule has 1 aliphatic carbocycles. The average Bonchev–Trinajstić information content (AvgIpc) is 2.18. The Morgan fingerprint density at radius 1 is 1.33 bits per heavy atom. The molecule has 0 aromatic rings. The van der Waals surface area contributed by atoms with Crippen LogP contribution in [0.2, 0.25) is 0 Å². The molecule has 0 saturated heterocycles. The van der Waals surface area contributed by atoms with E-state index >= 15 is 0 Å². The number of rotatable bonds is 4. The minimum Gasteiger partial charge on any atom is -0.390 e. The fraction of sp³-hybridized carbons (Fsp3) is 1.00. The predicted octanol–water partition coefficient (Wildman–Crippen LogP) is 2.99. The van der Waals surface area contributed by atoms with Crippen LogP contribution in [0.4, 0.5) is 0 Å². The molecule has 1 fully saturated rings. The molecule has 90 valence electrons. The summed E-state index contributed by atoms with van der Waals surface area (Å²) in [5, 5.41) is 10.3. The fourth-order valence-corrected chi connectivity index (χ4v) is 2.59. The van der Waals surface area contributed by atoms with Crippen molar-refractivity contribution in [2.75, 3.05) is 7.11 Å². The molecule has 15 heavy (non-hydrogen) atoms. The molecule has 2 nitrogen and oxygen atoms in total. The second kappa shape index (κ2) is 5.31. The Bertz CT molecular complexity index is 181. The van der Waals surface area contributed by atoms with E-state index in [-0.39, 0.29) is 11.7 Å². The molecule has 1 saturated carbocycles. The number of aliphatic hydroxyl groups is 1. The van der Waals surface area contributed by atoms with Crippen molar-refractivity contribution in [1.82, 2.24) is 0 Å². The van der Waals surface area contributed by atoms with Gasteiger partial charge in [0.1, 0.15) is 0 Å². The lowest BCUT2D eigenvalue weighted by molar-refractivity contribution is -0.133. The lowest BCUT2D eigenvalue weighted by atomic mass is 9.74. The van der Waals surface area contributed by atoms with Gasteiger partial charge in [-0.25, -0.2) is 0 Å². The van der Waals surface area contributed by atoms with E-state index in [1.807, 2.05) is 0 Å².